The summed E-state index contributed by atoms with van der Waals surface area (Å²) in [5, 5.41) is 7.26. The minimum absolute atomic E-state index is 0.0295. The predicted octanol–water partition coefficient (Wildman–Crippen LogP) is 3.95. The number of amides is 1. The molecule has 2 aromatic carbocycles. The molecule has 0 fully saturated rings. The number of benzene rings is 2. The van der Waals surface area contributed by atoms with E-state index < -0.39 is 18.5 Å². The third-order valence-corrected chi connectivity index (χ3v) is 5.05. The quantitative estimate of drug-likeness (QED) is 0.392. The van der Waals surface area contributed by atoms with Crippen LogP contribution in [0.5, 0.6) is 5.75 Å². The van der Waals surface area contributed by atoms with Crippen molar-refractivity contribution in [2.45, 2.75) is 34.1 Å². The molecule has 1 aromatic heterocycles. The molecule has 8 nitrogen and oxygen atoms in total. The third-order valence-electron chi connectivity index (χ3n) is 5.05. The Morgan fingerprint density at radius 3 is 2.24 bits per heavy atom. The zero-order chi connectivity index (χ0) is 24.0. The Hall–Kier alpha value is -3.94. The molecule has 8 heteroatoms. The minimum Gasteiger partial charge on any atom is -0.482 e. The lowest BCUT2D eigenvalue weighted by Crippen LogP contribution is -2.24. The van der Waals surface area contributed by atoms with Crippen LogP contribution in [0.15, 0.2) is 48.5 Å². The van der Waals surface area contributed by atoms with E-state index >= 15 is 0 Å². The van der Waals surface area contributed by atoms with Crippen LogP contribution >= 0.6 is 0 Å². The Morgan fingerprint density at radius 1 is 0.939 bits per heavy atom. The Morgan fingerprint density at radius 2 is 1.61 bits per heavy atom. The number of nitrogens with one attached hydrogen (secondary N) is 1. The maximum atomic E-state index is 12.3. The largest absolute Gasteiger partial charge is 0.482 e. The van der Waals surface area contributed by atoms with Gasteiger partial charge in [0.05, 0.1) is 22.8 Å². The van der Waals surface area contributed by atoms with Crippen LogP contribution in [0.1, 0.15) is 40.7 Å². The molecule has 0 aliphatic rings. The second-order valence-corrected chi connectivity index (χ2v) is 7.59. The highest BCUT2D eigenvalue weighted by atomic mass is 16.6. The lowest BCUT2D eigenvalue weighted by Gasteiger charge is -2.09. The van der Waals surface area contributed by atoms with E-state index in [0.29, 0.717) is 29.1 Å². The maximum Gasteiger partial charge on any atom is 0.344 e. The molecule has 0 atom stereocenters. The van der Waals surface area contributed by atoms with Crippen LogP contribution in [0.25, 0.3) is 5.69 Å². The van der Waals surface area contributed by atoms with Gasteiger partial charge in [-0.2, -0.15) is 5.10 Å². The van der Waals surface area contributed by atoms with E-state index in [-0.39, 0.29) is 12.4 Å². The van der Waals surface area contributed by atoms with E-state index in [0.717, 1.165) is 16.9 Å². The summed E-state index contributed by atoms with van der Waals surface area (Å²) in [5.74, 6) is -0.691. The fraction of sp³-hybridized carbons (Fsp3) is 0.280. The number of aryl methyl sites for hydroxylation is 2. The molecule has 1 heterocycles. The average molecular weight is 450 g/mol. The molecule has 1 amide bonds. The molecule has 0 aliphatic carbocycles. The standard InChI is InChI=1S/C25H27N3O5/c1-5-22(29)19-8-12-21(13-9-19)32-15-24(31)33-14-23(30)26-25-17(3)27-28(18(25)4)20-10-6-16(2)7-11-20/h6-13H,5,14-15H2,1-4H3,(H,26,30). The number of nitrogens with zero attached hydrogens (tertiary/aromatic N) is 2. The van der Waals surface area contributed by atoms with E-state index in [1.54, 1.807) is 42.8 Å². The molecule has 1 N–H and O–H groups in total. The van der Waals surface area contributed by atoms with Crippen molar-refractivity contribution < 1.29 is 23.9 Å². The van der Waals surface area contributed by atoms with E-state index in [1.807, 2.05) is 38.1 Å². The zero-order valence-electron chi connectivity index (χ0n) is 19.2. The molecule has 3 aromatic rings. The highest BCUT2D eigenvalue weighted by Gasteiger charge is 2.16. The summed E-state index contributed by atoms with van der Waals surface area (Å²) in [6.45, 7) is 6.66. The van der Waals surface area contributed by atoms with E-state index in [1.165, 1.54) is 0 Å². The molecule has 0 aliphatic heterocycles. The Kier molecular flexibility index (Phi) is 7.61. The number of Topliss-reactive ketones (excluding diaryl/α,β-unsaturated/α-hetero) is 1. The molecule has 33 heavy (non-hydrogen) atoms. The summed E-state index contributed by atoms with van der Waals surface area (Å²) in [4.78, 5) is 35.9. The van der Waals surface area contributed by atoms with Crippen molar-refractivity contribution in [1.29, 1.82) is 0 Å². The Labute approximate surface area is 192 Å². The van der Waals surface area contributed by atoms with Crippen molar-refractivity contribution >= 4 is 23.3 Å². The van der Waals surface area contributed by atoms with E-state index in [4.69, 9.17) is 9.47 Å². The second kappa shape index (κ2) is 10.6. The average Bonchev–Trinajstić information content (AvgIpc) is 3.10. The minimum atomic E-state index is -0.678. The topological polar surface area (TPSA) is 99.5 Å². The van der Waals surface area contributed by atoms with Gasteiger partial charge in [0.15, 0.2) is 19.0 Å². The van der Waals surface area contributed by atoms with Gasteiger partial charge in [0.2, 0.25) is 0 Å². The van der Waals surface area contributed by atoms with Crippen molar-refractivity contribution in [3.63, 3.8) is 0 Å². The van der Waals surface area contributed by atoms with Gasteiger partial charge in [0.1, 0.15) is 5.75 Å². The first-order valence-electron chi connectivity index (χ1n) is 10.6. The summed E-state index contributed by atoms with van der Waals surface area (Å²) >= 11 is 0. The van der Waals surface area contributed by atoms with Crippen LogP contribution < -0.4 is 10.1 Å². The van der Waals surface area contributed by atoms with Crippen molar-refractivity contribution in [3.8, 4) is 11.4 Å². The van der Waals surface area contributed by atoms with Crippen molar-refractivity contribution in [1.82, 2.24) is 9.78 Å². The molecular weight excluding hydrogens is 422 g/mol. The molecule has 0 bridgehead atoms. The summed E-state index contributed by atoms with van der Waals surface area (Å²) < 4.78 is 12.1. The van der Waals surface area contributed by atoms with Gasteiger partial charge in [-0.25, -0.2) is 9.48 Å². The number of ketones is 1. The maximum absolute atomic E-state index is 12.3. The van der Waals surface area contributed by atoms with Crippen LogP contribution in [0.3, 0.4) is 0 Å². The summed E-state index contributed by atoms with van der Waals surface area (Å²) in [6, 6.07) is 14.4. The molecule has 0 unspecified atom stereocenters. The number of carbonyl (C=O) groups excluding carboxylic acids is 3. The van der Waals surface area contributed by atoms with Gasteiger partial charge in [-0.3, -0.25) is 9.59 Å². The molecular formula is C25H27N3O5. The summed E-state index contributed by atoms with van der Waals surface area (Å²) in [6.07, 6.45) is 0.417. The van der Waals surface area contributed by atoms with Gasteiger partial charge in [-0.1, -0.05) is 24.6 Å². The van der Waals surface area contributed by atoms with Crippen molar-refractivity contribution in [2.24, 2.45) is 0 Å². The van der Waals surface area contributed by atoms with Gasteiger partial charge in [0, 0.05) is 12.0 Å². The molecule has 0 saturated heterocycles. The van der Waals surface area contributed by atoms with Crippen LogP contribution in [0, 0.1) is 20.8 Å². The molecule has 0 spiro atoms. The number of esters is 1. The number of ether oxygens (including phenoxy) is 2. The monoisotopic (exact) mass is 449 g/mol. The number of aromatic nitrogens is 2. The van der Waals surface area contributed by atoms with Crippen LogP contribution in [0.4, 0.5) is 5.69 Å². The highest BCUT2D eigenvalue weighted by Crippen LogP contribution is 2.23. The first kappa shape index (κ1) is 23.7. The van der Waals surface area contributed by atoms with Crippen molar-refractivity contribution in [3.05, 3.63) is 71.0 Å². The second-order valence-electron chi connectivity index (χ2n) is 7.59. The number of anilines is 1. The molecule has 172 valence electrons. The zero-order valence-corrected chi connectivity index (χ0v) is 19.2. The van der Waals surface area contributed by atoms with Gasteiger partial charge >= 0.3 is 5.97 Å². The smallest absolute Gasteiger partial charge is 0.344 e. The summed E-state index contributed by atoms with van der Waals surface area (Å²) in [7, 11) is 0. The number of rotatable bonds is 9. The SMILES string of the molecule is CCC(=O)c1ccc(OCC(=O)OCC(=O)Nc2c(C)nn(-c3ccc(C)cc3)c2C)cc1. The van der Waals surface area contributed by atoms with Gasteiger partial charge in [-0.15, -0.1) is 0 Å². The molecule has 3 rings (SSSR count). The first-order chi connectivity index (χ1) is 15.8. The highest BCUT2D eigenvalue weighted by molar-refractivity contribution is 5.96. The van der Waals surface area contributed by atoms with Gasteiger partial charge in [0.25, 0.3) is 5.91 Å². The number of carbonyl (C=O) groups is 3. The molecule has 0 radical (unpaired) electrons. The van der Waals surface area contributed by atoms with E-state index in [2.05, 4.69) is 10.4 Å². The third kappa shape index (κ3) is 6.06. The lowest BCUT2D eigenvalue weighted by molar-refractivity contribution is -0.149. The van der Waals surface area contributed by atoms with Crippen LogP contribution in [0.2, 0.25) is 0 Å². The first-order valence-corrected chi connectivity index (χ1v) is 10.6. The fourth-order valence-electron chi connectivity index (χ4n) is 3.21. The summed E-state index contributed by atoms with van der Waals surface area (Å²) in [5.41, 5.74) is 4.61. The van der Waals surface area contributed by atoms with Crippen LogP contribution in [-0.2, 0) is 14.3 Å². The lowest BCUT2D eigenvalue weighted by atomic mass is 10.1. The van der Waals surface area contributed by atoms with E-state index in [9.17, 15) is 14.4 Å². The Balaban J connectivity index is 1.50. The van der Waals surface area contributed by atoms with Gasteiger partial charge in [-0.05, 0) is 57.2 Å². The number of hydrogen-bond donors (Lipinski definition) is 1. The normalized spacial score (nSPS) is 10.5. The van der Waals surface area contributed by atoms with Crippen LogP contribution in [-0.4, -0.2) is 40.7 Å². The predicted molar refractivity (Wildman–Crippen MR) is 124 cm³/mol. The Bertz CT molecular complexity index is 1150. The van der Waals surface area contributed by atoms with Crippen molar-refractivity contribution in [2.75, 3.05) is 18.5 Å². The van der Waals surface area contributed by atoms with Gasteiger partial charge < -0.3 is 14.8 Å². The molecule has 0 saturated carbocycles. The fourth-order valence-corrected chi connectivity index (χ4v) is 3.21. The number of hydrogen-bond acceptors (Lipinski definition) is 6.